The number of esters is 1. The third-order valence-corrected chi connectivity index (χ3v) is 8.10. The number of furan rings is 1. The van der Waals surface area contributed by atoms with E-state index in [0.717, 1.165) is 38.5 Å². The molecule has 1 aliphatic heterocycles. The van der Waals surface area contributed by atoms with Crippen molar-refractivity contribution in [2.45, 2.75) is 71.0 Å². The third-order valence-electron chi connectivity index (χ3n) is 8.10. The number of hydrogen-bond donors (Lipinski definition) is 0. The summed E-state index contributed by atoms with van der Waals surface area (Å²) in [4.78, 5) is 12.7. The van der Waals surface area contributed by atoms with Gasteiger partial charge in [-0.05, 0) is 67.4 Å². The molecule has 2 aliphatic carbocycles. The number of carbonyl (C=O) groups excluding carboxylic acids is 1. The first-order chi connectivity index (χ1) is 11.9. The van der Waals surface area contributed by atoms with Crippen LogP contribution in [0.1, 0.15) is 58.4 Å². The van der Waals surface area contributed by atoms with Gasteiger partial charge in [0.15, 0.2) is 5.60 Å². The molecule has 0 N–H and O–H groups in total. The van der Waals surface area contributed by atoms with Crippen molar-refractivity contribution in [2.24, 2.45) is 22.7 Å². The summed E-state index contributed by atoms with van der Waals surface area (Å²) < 4.78 is 16.5. The van der Waals surface area contributed by atoms with Gasteiger partial charge in [-0.25, -0.2) is 4.79 Å². The summed E-state index contributed by atoms with van der Waals surface area (Å²) in [6.45, 7) is 7.11. The standard InChI is InChI=1S/C21H30O4/c1-14-7-11-20(3)16(5-6-17-21(20,25-17)18(22)23-4)19(14,2)10-8-15-9-12-24-13-15/h9,12-14,16-17H,5-8,10-11H2,1-4H3/t14-,16-,17+,19+,20+,21-/m0/s1. The van der Waals surface area contributed by atoms with Crippen LogP contribution in [0.4, 0.5) is 0 Å². The summed E-state index contributed by atoms with van der Waals surface area (Å²) in [5.74, 6) is 0.965. The SMILES string of the molecule is COC(=O)[C@@]12O[C@@H]1CC[C@H]1[C@](C)(CCc3ccoc3)[C@@H](C)CC[C@]12C. The number of epoxide rings is 1. The van der Waals surface area contributed by atoms with Crippen molar-refractivity contribution in [3.63, 3.8) is 0 Å². The number of rotatable bonds is 4. The van der Waals surface area contributed by atoms with E-state index in [-0.39, 0.29) is 22.9 Å². The van der Waals surface area contributed by atoms with Crippen molar-refractivity contribution >= 4 is 5.97 Å². The van der Waals surface area contributed by atoms with Crippen molar-refractivity contribution in [2.75, 3.05) is 7.11 Å². The maximum Gasteiger partial charge on any atom is 0.341 e. The van der Waals surface area contributed by atoms with Crippen LogP contribution in [0.3, 0.4) is 0 Å². The van der Waals surface area contributed by atoms with E-state index in [4.69, 9.17) is 13.9 Å². The molecule has 1 saturated heterocycles. The molecule has 0 bridgehead atoms. The first-order valence-corrected chi connectivity index (χ1v) is 9.66. The van der Waals surface area contributed by atoms with Crippen molar-refractivity contribution < 1.29 is 18.7 Å². The molecule has 4 heteroatoms. The number of ether oxygens (including phenoxy) is 2. The summed E-state index contributed by atoms with van der Waals surface area (Å²) in [5.41, 5.74) is 0.643. The van der Waals surface area contributed by atoms with Crippen molar-refractivity contribution in [3.05, 3.63) is 24.2 Å². The van der Waals surface area contributed by atoms with Crippen molar-refractivity contribution in [1.82, 2.24) is 0 Å². The minimum atomic E-state index is -0.693. The number of carbonyl (C=O) groups is 1. The van der Waals surface area contributed by atoms with E-state index in [1.807, 2.05) is 6.26 Å². The molecule has 6 atom stereocenters. The van der Waals surface area contributed by atoms with Gasteiger partial charge in [0.1, 0.15) is 0 Å². The van der Waals surface area contributed by atoms with Gasteiger partial charge in [-0.15, -0.1) is 0 Å². The Balaban J connectivity index is 1.65. The van der Waals surface area contributed by atoms with Crippen LogP contribution in [0, 0.1) is 22.7 Å². The molecule has 4 rings (SSSR count). The molecule has 25 heavy (non-hydrogen) atoms. The zero-order valence-corrected chi connectivity index (χ0v) is 15.8. The number of fused-ring (bicyclic) bond motifs is 3. The average molecular weight is 346 g/mol. The van der Waals surface area contributed by atoms with E-state index in [1.54, 1.807) is 6.26 Å². The summed E-state index contributed by atoms with van der Waals surface area (Å²) in [6, 6.07) is 2.06. The molecule has 0 amide bonds. The quantitative estimate of drug-likeness (QED) is 0.600. The molecular formula is C21H30O4. The molecule has 0 unspecified atom stereocenters. The largest absolute Gasteiger partial charge is 0.472 e. The molecule has 3 aliphatic rings. The van der Waals surface area contributed by atoms with Gasteiger partial charge in [-0.2, -0.15) is 0 Å². The Kier molecular flexibility index (Phi) is 3.84. The predicted molar refractivity (Wildman–Crippen MR) is 94.0 cm³/mol. The monoisotopic (exact) mass is 346 g/mol. The van der Waals surface area contributed by atoms with Gasteiger partial charge in [-0.1, -0.05) is 20.8 Å². The molecule has 3 fully saturated rings. The van der Waals surface area contributed by atoms with Gasteiger partial charge < -0.3 is 13.9 Å². The molecule has 0 radical (unpaired) electrons. The molecule has 0 aromatic carbocycles. The second-order valence-corrected chi connectivity index (χ2v) is 8.96. The molecule has 1 aromatic rings. The zero-order chi connectivity index (χ0) is 17.9. The number of aryl methyl sites for hydroxylation is 1. The average Bonchev–Trinajstić information content (AvgIpc) is 3.15. The number of methoxy groups -OCH3 is 1. The fraction of sp³-hybridized carbons (Fsp3) is 0.762. The Morgan fingerprint density at radius 2 is 2.12 bits per heavy atom. The van der Waals surface area contributed by atoms with Gasteiger partial charge in [0.05, 0.1) is 25.7 Å². The highest BCUT2D eigenvalue weighted by molar-refractivity contribution is 5.85. The summed E-state index contributed by atoms with van der Waals surface area (Å²) in [7, 11) is 1.49. The second kappa shape index (κ2) is 5.60. The van der Waals surface area contributed by atoms with Crippen molar-refractivity contribution in [1.29, 1.82) is 0 Å². The lowest BCUT2D eigenvalue weighted by molar-refractivity contribution is -0.166. The summed E-state index contributed by atoms with van der Waals surface area (Å²) in [5, 5.41) is 0. The van der Waals surface area contributed by atoms with Crippen molar-refractivity contribution in [3.8, 4) is 0 Å². The molecule has 2 heterocycles. The molecule has 0 spiro atoms. The normalized spacial score (nSPS) is 45.4. The van der Waals surface area contributed by atoms with Gasteiger partial charge in [0.25, 0.3) is 0 Å². The van der Waals surface area contributed by atoms with Gasteiger partial charge in [0.2, 0.25) is 0 Å². The van der Waals surface area contributed by atoms with Gasteiger partial charge in [0, 0.05) is 5.41 Å². The van der Waals surface area contributed by atoms with Crippen LogP contribution < -0.4 is 0 Å². The Morgan fingerprint density at radius 1 is 1.32 bits per heavy atom. The first kappa shape index (κ1) is 17.1. The lowest BCUT2D eigenvalue weighted by atomic mass is 9.44. The summed E-state index contributed by atoms with van der Waals surface area (Å²) >= 11 is 0. The van der Waals surface area contributed by atoms with E-state index in [2.05, 4.69) is 26.8 Å². The van der Waals surface area contributed by atoms with E-state index >= 15 is 0 Å². The Bertz CT molecular complexity index is 653. The third kappa shape index (κ3) is 2.19. The summed E-state index contributed by atoms with van der Waals surface area (Å²) in [6.07, 6.45) is 10.1. The highest BCUT2D eigenvalue weighted by Gasteiger charge is 2.78. The van der Waals surface area contributed by atoms with E-state index in [1.165, 1.54) is 12.7 Å². The maximum atomic E-state index is 12.7. The molecule has 4 nitrogen and oxygen atoms in total. The fourth-order valence-corrected chi connectivity index (χ4v) is 6.29. The molecule has 1 aromatic heterocycles. The Hall–Kier alpha value is -1.29. The van der Waals surface area contributed by atoms with E-state index in [0.29, 0.717) is 11.8 Å². The number of hydrogen-bond acceptors (Lipinski definition) is 4. The van der Waals surface area contributed by atoms with Crippen LogP contribution in [0.2, 0.25) is 0 Å². The molecule has 138 valence electrons. The topological polar surface area (TPSA) is 52.0 Å². The van der Waals surface area contributed by atoms with Crippen LogP contribution in [0.15, 0.2) is 23.0 Å². The Labute approximate surface area is 150 Å². The minimum Gasteiger partial charge on any atom is -0.472 e. The second-order valence-electron chi connectivity index (χ2n) is 8.96. The lowest BCUT2D eigenvalue weighted by Gasteiger charge is -2.58. The maximum absolute atomic E-state index is 12.7. The van der Waals surface area contributed by atoms with Gasteiger partial charge >= 0.3 is 5.97 Å². The Morgan fingerprint density at radius 3 is 2.80 bits per heavy atom. The fourth-order valence-electron chi connectivity index (χ4n) is 6.29. The molecular weight excluding hydrogens is 316 g/mol. The zero-order valence-electron chi connectivity index (χ0n) is 15.8. The smallest absolute Gasteiger partial charge is 0.341 e. The highest BCUT2D eigenvalue weighted by Crippen LogP contribution is 2.70. The first-order valence-electron chi connectivity index (χ1n) is 9.66. The van der Waals surface area contributed by atoms with Gasteiger partial charge in [-0.3, -0.25) is 0 Å². The minimum absolute atomic E-state index is 0.0627. The van der Waals surface area contributed by atoms with Crippen LogP contribution in [-0.2, 0) is 20.7 Å². The van der Waals surface area contributed by atoms with E-state index < -0.39 is 5.60 Å². The van der Waals surface area contributed by atoms with E-state index in [9.17, 15) is 4.79 Å². The van der Waals surface area contributed by atoms with Crippen LogP contribution in [0.25, 0.3) is 0 Å². The lowest BCUT2D eigenvalue weighted by Crippen LogP contribution is -2.60. The van der Waals surface area contributed by atoms with Crippen LogP contribution in [0.5, 0.6) is 0 Å². The highest BCUT2D eigenvalue weighted by atomic mass is 16.7. The van der Waals surface area contributed by atoms with Crippen LogP contribution >= 0.6 is 0 Å². The molecule has 2 saturated carbocycles. The van der Waals surface area contributed by atoms with Crippen LogP contribution in [-0.4, -0.2) is 24.8 Å². The predicted octanol–water partition coefficient (Wildman–Crippen LogP) is 4.38.